The molecule has 0 aliphatic carbocycles. The van der Waals surface area contributed by atoms with Gasteiger partial charge in [-0.2, -0.15) is 0 Å². The van der Waals surface area contributed by atoms with E-state index in [9.17, 15) is 4.79 Å². The Morgan fingerprint density at radius 1 is 0.794 bits per heavy atom. The first kappa shape index (κ1) is 22.2. The average molecular weight is 474 g/mol. The Kier molecular flexibility index (Phi) is 6.62. The number of carbonyl (C=O) groups is 1. The molecule has 174 valence electrons. The molecule has 1 N–H and O–H groups in total. The van der Waals surface area contributed by atoms with Crippen LogP contribution in [-0.2, 0) is 4.79 Å². The number of para-hydroxylation sites is 2. The minimum absolute atomic E-state index is 0.0394. The quantitative estimate of drug-likeness (QED) is 0.584. The van der Waals surface area contributed by atoms with Gasteiger partial charge in [-0.05, 0) is 35.5 Å². The summed E-state index contributed by atoms with van der Waals surface area (Å²) in [7, 11) is 0. The molecule has 0 aromatic heterocycles. The molecule has 1 fully saturated rings. The van der Waals surface area contributed by atoms with Crippen molar-refractivity contribution in [3.05, 3.63) is 96.1 Å². The second-order valence-corrected chi connectivity index (χ2v) is 8.77. The van der Waals surface area contributed by atoms with E-state index in [1.165, 1.54) is 0 Å². The molecule has 2 heterocycles. The highest BCUT2D eigenvalue weighted by Gasteiger charge is 2.33. The number of fused-ring (bicyclic) bond motifs is 1. The summed E-state index contributed by atoms with van der Waals surface area (Å²) in [5.74, 6) is 1.25. The number of hydrogen-bond acceptors (Lipinski definition) is 4. The Labute approximate surface area is 205 Å². The Morgan fingerprint density at radius 2 is 1.32 bits per heavy atom. The van der Waals surface area contributed by atoms with Gasteiger partial charge in [-0.15, -0.1) is 0 Å². The number of ether oxygens (including phenoxy) is 2. The maximum atomic E-state index is 13.0. The van der Waals surface area contributed by atoms with Crippen LogP contribution in [0, 0.1) is 0 Å². The van der Waals surface area contributed by atoms with Gasteiger partial charge in [0.2, 0.25) is 6.10 Å². The molecule has 3 aromatic carbocycles. The molecular weight excluding hydrogens is 446 g/mol. The van der Waals surface area contributed by atoms with Crippen LogP contribution in [0.2, 0.25) is 0 Å². The van der Waals surface area contributed by atoms with Crippen LogP contribution in [0.15, 0.2) is 84.9 Å². The molecule has 2 aliphatic heterocycles. The summed E-state index contributed by atoms with van der Waals surface area (Å²) < 4.78 is 11.6. The summed E-state index contributed by atoms with van der Waals surface area (Å²) in [6, 6.07) is 28.0. The number of thiocarbonyl (C=S) groups is 1. The lowest BCUT2D eigenvalue weighted by Crippen LogP contribution is -2.56. The summed E-state index contributed by atoms with van der Waals surface area (Å²) in [4.78, 5) is 17.0. The van der Waals surface area contributed by atoms with Crippen molar-refractivity contribution in [2.75, 3.05) is 32.8 Å². The fourth-order valence-corrected chi connectivity index (χ4v) is 4.64. The second-order valence-electron chi connectivity index (χ2n) is 8.38. The summed E-state index contributed by atoms with van der Waals surface area (Å²) in [5, 5.41) is 4.24. The zero-order valence-corrected chi connectivity index (χ0v) is 19.6. The number of benzene rings is 3. The van der Waals surface area contributed by atoms with Gasteiger partial charge in [0.15, 0.2) is 16.6 Å². The maximum absolute atomic E-state index is 13.0. The molecule has 0 radical (unpaired) electrons. The maximum Gasteiger partial charge on any atom is 0.267 e. The van der Waals surface area contributed by atoms with Gasteiger partial charge in [0.05, 0.1) is 6.04 Å². The lowest BCUT2D eigenvalue weighted by atomic mass is 9.99. The Hall–Kier alpha value is -3.58. The standard InChI is InChI=1S/C27H27N3O3S/c31-26(24-19-32-22-13-7-8-14-23(22)33-24)29-15-17-30(18-16-29)27(34)28-25(20-9-3-1-4-10-20)21-11-5-2-6-12-21/h1-14,24-25H,15-19H2,(H,28,34). The van der Waals surface area contributed by atoms with Crippen LogP contribution in [0.4, 0.5) is 0 Å². The van der Waals surface area contributed by atoms with Gasteiger partial charge < -0.3 is 24.6 Å². The smallest absolute Gasteiger partial charge is 0.267 e. The zero-order chi connectivity index (χ0) is 23.3. The van der Waals surface area contributed by atoms with Crippen molar-refractivity contribution in [2.45, 2.75) is 12.1 Å². The summed E-state index contributed by atoms with van der Waals surface area (Å²) in [6.07, 6.45) is -0.618. The number of carbonyl (C=O) groups excluding carboxylic acids is 1. The van der Waals surface area contributed by atoms with Crippen molar-refractivity contribution in [1.82, 2.24) is 15.1 Å². The number of rotatable bonds is 4. The third kappa shape index (κ3) is 4.84. The molecule has 0 spiro atoms. The van der Waals surface area contributed by atoms with Gasteiger partial charge in [0.1, 0.15) is 6.61 Å². The van der Waals surface area contributed by atoms with E-state index in [1.54, 1.807) is 0 Å². The third-order valence-electron chi connectivity index (χ3n) is 6.20. The summed E-state index contributed by atoms with van der Waals surface area (Å²) in [5.41, 5.74) is 2.30. The van der Waals surface area contributed by atoms with E-state index in [4.69, 9.17) is 21.7 Å². The molecule has 1 unspecified atom stereocenters. The first-order valence-corrected chi connectivity index (χ1v) is 11.9. The van der Waals surface area contributed by atoms with E-state index in [1.807, 2.05) is 65.6 Å². The molecule has 6 nitrogen and oxygen atoms in total. The predicted molar refractivity (Wildman–Crippen MR) is 135 cm³/mol. The summed E-state index contributed by atoms with van der Waals surface area (Å²) >= 11 is 5.79. The number of piperazine rings is 1. The van der Waals surface area contributed by atoms with Gasteiger partial charge in [0, 0.05) is 26.2 Å². The van der Waals surface area contributed by atoms with Crippen LogP contribution in [-0.4, -0.2) is 59.7 Å². The van der Waals surface area contributed by atoms with Gasteiger partial charge in [-0.1, -0.05) is 72.8 Å². The van der Waals surface area contributed by atoms with Crippen LogP contribution in [0.3, 0.4) is 0 Å². The first-order chi connectivity index (χ1) is 16.7. The van der Waals surface area contributed by atoms with Crippen LogP contribution in [0.25, 0.3) is 0 Å². The molecule has 1 saturated heterocycles. The Morgan fingerprint density at radius 3 is 1.94 bits per heavy atom. The average Bonchev–Trinajstić information content (AvgIpc) is 2.92. The molecule has 1 amide bonds. The molecule has 0 saturated carbocycles. The Balaban J connectivity index is 1.20. The van der Waals surface area contributed by atoms with Crippen molar-refractivity contribution in [3.63, 3.8) is 0 Å². The van der Waals surface area contributed by atoms with Crippen molar-refractivity contribution >= 4 is 23.2 Å². The van der Waals surface area contributed by atoms with Gasteiger partial charge in [-0.25, -0.2) is 0 Å². The minimum Gasteiger partial charge on any atom is -0.485 e. The van der Waals surface area contributed by atoms with Crippen molar-refractivity contribution in [2.24, 2.45) is 0 Å². The normalized spacial score (nSPS) is 17.4. The molecule has 0 bridgehead atoms. The molecule has 2 aliphatic rings. The van der Waals surface area contributed by atoms with E-state index < -0.39 is 6.10 Å². The SMILES string of the molecule is O=C(C1COc2ccccc2O1)N1CCN(C(=S)NC(c2ccccc2)c2ccccc2)CC1. The van der Waals surface area contributed by atoms with Crippen LogP contribution >= 0.6 is 12.2 Å². The second kappa shape index (κ2) is 10.1. The lowest BCUT2D eigenvalue weighted by molar-refractivity contribution is -0.142. The van der Waals surface area contributed by atoms with Crippen molar-refractivity contribution in [3.8, 4) is 11.5 Å². The Bertz CT molecular complexity index is 1090. The zero-order valence-electron chi connectivity index (χ0n) is 18.8. The first-order valence-electron chi connectivity index (χ1n) is 11.5. The number of nitrogens with one attached hydrogen (secondary N) is 1. The third-order valence-corrected chi connectivity index (χ3v) is 6.57. The number of amides is 1. The highest BCUT2D eigenvalue weighted by molar-refractivity contribution is 7.80. The van der Waals surface area contributed by atoms with E-state index in [0.29, 0.717) is 42.8 Å². The van der Waals surface area contributed by atoms with E-state index >= 15 is 0 Å². The van der Waals surface area contributed by atoms with E-state index in [2.05, 4.69) is 34.5 Å². The summed E-state index contributed by atoms with van der Waals surface area (Å²) in [6.45, 7) is 2.73. The molecule has 3 aromatic rings. The number of hydrogen-bond donors (Lipinski definition) is 1. The number of nitrogens with zero attached hydrogens (tertiary/aromatic N) is 2. The highest BCUT2D eigenvalue weighted by Crippen LogP contribution is 2.31. The predicted octanol–water partition coefficient (Wildman–Crippen LogP) is 3.63. The van der Waals surface area contributed by atoms with Crippen molar-refractivity contribution < 1.29 is 14.3 Å². The van der Waals surface area contributed by atoms with Gasteiger partial charge in [-0.3, -0.25) is 4.79 Å². The largest absolute Gasteiger partial charge is 0.485 e. The lowest BCUT2D eigenvalue weighted by Gasteiger charge is -2.39. The fourth-order valence-electron chi connectivity index (χ4n) is 4.34. The molecular formula is C27H27N3O3S. The topological polar surface area (TPSA) is 54.0 Å². The molecule has 1 atom stereocenters. The van der Waals surface area contributed by atoms with Crippen LogP contribution < -0.4 is 14.8 Å². The van der Waals surface area contributed by atoms with Crippen LogP contribution in [0.5, 0.6) is 11.5 Å². The molecule has 7 heteroatoms. The fraction of sp³-hybridized carbons (Fsp3) is 0.259. The van der Waals surface area contributed by atoms with E-state index in [0.717, 1.165) is 11.1 Å². The monoisotopic (exact) mass is 473 g/mol. The van der Waals surface area contributed by atoms with Crippen LogP contribution in [0.1, 0.15) is 17.2 Å². The molecule has 34 heavy (non-hydrogen) atoms. The molecule has 5 rings (SSSR count). The van der Waals surface area contributed by atoms with Crippen molar-refractivity contribution in [1.29, 1.82) is 0 Å². The minimum atomic E-state index is -0.618. The van der Waals surface area contributed by atoms with E-state index in [-0.39, 0.29) is 18.6 Å². The van der Waals surface area contributed by atoms with Gasteiger partial charge >= 0.3 is 0 Å². The highest BCUT2D eigenvalue weighted by atomic mass is 32.1. The van der Waals surface area contributed by atoms with Gasteiger partial charge in [0.25, 0.3) is 5.91 Å².